The number of pyridine rings is 1. The van der Waals surface area contributed by atoms with Crippen LogP contribution in [-0.4, -0.2) is 21.5 Å². The van der Waals surface area contributed by atoms with E-state index in [4.69, 9.17) is 0 Å². The van der Waals surface area contributed by atoms with Gasteiger partial charge < -0.3 is 10.6 Å². The zero-order chi connectivity index (χ0) is 14.4. The molecule has 2 rings (SSSR count). The highest BCUT2D eigenvalue weighted by Crippen LogP contribution is 2.13. The highest BCUT2D eigenvalue weighted by atomic mass is 19.1. The van der Waals surface area contributed by atoms with E-state index in [0.29, 0.717) is 12.5 Å². The van der Waals surface area contributed by atoms with Crippen LogP contribution in [0, 0.1) is 12.7 Å². The van der Waals surface area contributed by atoms with Gasteiger partial charge in [-0.05, 0) is 25.5 Å². The average molecular weight is 275 g/mol. The largest absolute Gasteiger partial charge is 0.362 e. The molecule has 0 radical (unpaired) electrons. The van der Waals surface area contributed by atoms with E-state index in [2.05, 4.69) is 25.6 Å². The summed E-state index contributed by atoms with van der Waals surface area (Å²) in [5, 5.41) is 5.97. The van der Waals surface area contributed by atoms with Crippen LogP contribution in [0.3, 0.4) is 0 Å². The number of hydrogen-bond donors (Lipinski definition) is 2. The van der Waals surface area contributed by atoms with Gasteiger partial charge in [0.2, 0.25) is 5.95 Å². The molecule has 20 heavy (non-hydrogen) atoms. The fourth-order valence-electron chi connectivity index (χ4n) is 1.69. The molecule has 2 heterocycles. The van der Waals surface area contributed by atoms with Crippen molar-refractivity contribution in [3.05, 3.63) is 41.6 Å². The second-order valence-corrected chi connectivity index (χ2v) is 4.44. The predicted octanol–water partition coefficient (Wildman–Crippen LogP) is 2.75. The summed E-state index contributed by atoms with van der Waals surface area (Å²) in [6, 6.07) is 5.72. The number of aromatic nitrogens is 3. The van der Waals surface area contributed by atoms with Crippen LogP contribution >= 0.6 is 0 Å². The van der Waals surface area contributed by atoms with E-state index < -0.39 is 5.82 Å². The van der Waals surface area contributed by atoms with Crippen LogP contribution in [0.5, 0.6) is 0 Å². The Morgan fingerprint density at radius 1 is 1.20 bits per heavy atom. The number of hydrogen-bond acceptors (Lipinski definition) is 5. The minimum Gasteiger partial charge on any atom is -0.362 e. The van der Waals surface area contributed by atoms with Crippen molar-refractivity contribution in [3.8, 4) is 0 Å². The van der Waals surface area contributed by atoms with Gasteiger partial charge in [-0.2, -0.15) is 4.98 Å². The maximum absolute atomic E-state index is 13.6. The van der Waals surface area contributed by atoms with Crippen LogP contribution in [0.25, 0.3) is 0 Å². The molecule has 0 aromatic carbocycles. The van der Waals surface area contributed by atoms with Crippen molar-refractivity contribution in [3.63, 3.8) is 0 Å². The van der Waals surface area contributed by atoms with Crippen LogP contribution in [0.1, 0.15) is 24.7 Å². The SMILES string of the molecule is CCCNc1ncc(F)c(NCc2cccc(C)n2)n1. The highest BCUT2D eigenvalue weighted by molar-refractivity contribution is 5.41. The molecule has 2 N–H and O–H groups in total. The summed E-state index contributed by atoms with van der Waals surface area (Å²) in [4.78, 5) is 12.3. The first-order valence-electron chi connectivity index (χ1n) is 6.62. The molecule has 0 aliphatic rings. The van der Waals surface area contributed by atoms with Gasteiger partial charge in [0, 0.05) is 12.2 Å². The summed E-state index contributed by atoms with van der Waals surface area (Å²) in [6.45, 7) is 5.13. The topological polar surface area (TPSA) is 62.7 Å². The first-order valence-corrected chi connectivity index (χ1v) is 6.62. The molecule has 0 unspecified atom stereocenters. The molecule has 2 aromatic rings. The lowest BCUT2D eigenvalue weighted by Crippen LogP contribution is -2.10. The Morgan fingerprint density at radius 3 is 2.80 bits per heavy atom. The quantitative estimate of drug-likeness (QED) is 0.848. The first kappa shape index (κ1) is 14.2. The Kier molecular flexibility index (Phi) is 4.81. The second kappa shape index (κ2) is 6.79. The van der Waals surface area contributed by atoms with Crippen LogP contribution in [-0.2, 0) is 6.54 Å². The van der Waals surface area contributed by atoms with E-state index in [1.54, 1.807) is 0 Å². The third-order valence-electron chi connectivity index (χ3n) is 2.66. The molecule has 6 heteroatoms. The normalized spacial score (nSPS) is 10.3. The van der Waals surface area contributed by atoms with Crippen molar-refractivity contribution in [2.24, 2.45) is 0 Å². The van der Waals surface area contributed by atoms with Crippen LogP contribution in [0.2, 0.25) is 0 Å². The fraction of sp³-hybridized carbons (Fsp3) is 0.357. The summed E-state index contributed by atoms with van der Waals surface area (Å²) >= 11 is 0. The molecule has 0 fully saturated rings. The smallest absolute Gasteiger partial charge is 0.224 e. The Bertz CT molecular complexity index is 573. The molecule has 106 valence electrons. The molecule has 0 aliphatic heterocycles. The van der Waals surface area contributed by atoms with Gasteiger partial charge in [0.05, 0.1) is 18.4 Å². The summed E-state index contributed by atoms with van der Waals surface area (Å²) < 4.78 is 13.6. The highest BCUT2D eigenvalue weighted by Gasteiger charge is 2.06. The molecule has 2 aromatic heterocycles. The van der Waals surface area contributed by atoms with E-state index >= 15 is 0 Å². The van der Waals surface area contributed by atoms with Crippen LogP contribution in [0.4, 0.5) is 16.2 Å². The van der Waals surface area contributed by atoms with Gasteiger partial charge in [0.25, 0.3) is 0 Å². The molecule has 0 spiro atoms. The van der Waals surface area contributed by atoms with E-state index in [1.807, 2.05) is 32.0 Å². The lowest BCUT2D eigenvalue weighted by Gasteiger charge is -2.09. The first-order chi connectivity index (χ1) is 9.69. The molecule has 0 saturated heterocycles. The van der Waals surface area contributed by atoms with Gasteiger partial charge in [-0.3, -0.25) is 4.98 Å². The summed E-state index contributed by atoms with van der Waals surface area (Å²) in [7, 11) is 0. The molecular weight excluding hydrogens is 257 g/mol. The second-order valence-electron chi connectivity index (χ2n) is 4.44. The summed E-state index contributed by atoms with van der Waals surface area (Å²) in [5.41, 5.74) is 1.77. The van der Waals surface area contributed by atoms with Crippen molar-refractivity contribution in [2.75, 3.05) is 17.2 Å². The Hall–Kier alpha value is -2.24. The Labute approximate surface area is 117 Å². The fourth-order valence-corrected chi connectivity index (χ4v) is 1.69. The molecule has 0 atom stereocenters. The van der Waals surface area contributed by atoms with Crippen molar-refractivity contribution >= 4 is 11.8 Å². The lowest BCUT2D eigenvalue weighted by atomic mass is 10.3. The van der Waals surface area contributed by atoms with Crippen molar-refractivity contribution in [1.82, 2.24) is 15.0 Å². The Morgan fingerprint density at radius 2 is 2.05 bits per heavy atom. The van der Waals surface area contributed by atoms with Crippen molar-refractivity contribution in [1.29, 1.82) is 0 Å². The standard InChI is InChI=1S/C14H18FN5/c1-3-7-16-14-18-9-12(15)13(20-14)17-8-11-6-4-5-10(2)19-11/h4-6,9H,3,7-8H2,1-2H3,(H2,16,17,18,20). The third-order valence-corrected chi connectivity index (χ3v) is 2.66. The van der Waals surface area contributed by atoms with Gasteiger partial charge >= 0.3 is 0 Å². The van der Waals surface area contributed by atoms with E-state index in [1.165, 1.54) is 0 Å². The molecule has 0 aliphatic carbocycles. The maximum Gasteiger partial charge on any atom is 0.224 e. The summed E-state index contributed by atoms with van der Waals surface area (Å²) in [5.74, 6) is 0.134. The number of anilines is 2. The minimum absolute atomic E-state index is 0.182. The number of halogens is 1. The zero-order valence-electron chi connectivity index (χ0n) is 11.7. The molecule has 0 amide bonds. The number of nitrogens with zero attached hydrogens (tertiary/aromatic N) is 3. The van der Waals surface area contributed by atoms with E-state index in [0.717, 1.165) is 30.6 Å². The van der Waals surface area contributed by atoms with Gasteiger partial charge in [0.15, 0.2) is 11.6 Å². The Balaban J connectivity index is 2.04. The van der Waals surface area contributed by atoms with E-state index in [9.17, 15) is 4.39 Å². The predicted molar refractivity (Wildman–Crippen MR) is 77.1 cm³/mol. The van der Waals surface area contributed by atoms with Crippen molar-refractivity contribution < 1.29 is 4.39 Å². The minimum atomic E-state index is -0.472. The van der Waals surface area contributed by atoms with Gasteiger partial charge in [-0.1, -0.05) is 13.0 Å². The lowest BCUT2D eigenvalue weighted by molar-refractivity contribution is 0.617. The molecule has 0 bridgehead atoms. The van der Waals surface area contributed by atoms with Crippen molar-refractivity contribution in [2.45, 2.75) is 26.8 Å². The van der Waals surface area contributed by atoms with Gasteiger partial charge in [-0.25, -0.2) is 9.37 Å². The molecule has 5 nitrogen and oxygen atoms in total. The monoisotopic (exact) mass is 275 g/mol. The average Bonchev–Trinajstić information content (AvgIpc) is 2.45. The van der Waals surface area contributed by atoms with E-state index in [-0.39, 0.29) is 5.82 Å². The molecule has 0 saturated carbocycles. The number of nitrogens with one attached hydrogen (secondary N) is 2. The zero-order valence-corrected chi connectivity index (χ0v) is 11.7. The van der Waals surface area contributed by atoms with Gasteiger partial charge in [0.1, 0.15) is 0 Å². The molecular formula is C14H18FN5. The van der Waals surface area contributed by atoms with Gasteiger partial charge in [-0.15, -0.1) is 0 Å². The number of rotatable bonds is 6. The third kappa shape index (κ3) is 3.88. The number of aryl methyl sites for hydroxylation is 1. The summed E-state index contributed by atoms with van der Waals surface area (Å²) in [6.07, 6.45) is 2.12. The maximum atomic E-state index is 13.6. The van der Waals surface area contributed by atoms with Crippen LogP contribution in [0.15, 0.2) is 24.4 Å². The van der Waals surface area contributed by atoms with Crippen LogP contribution < -0.4 is 10.6 Å².